The van der Waals surface area contributed by atoms with Gasteiger partial charge in [0.1, 0.15) is 11.5 Å². The Morgan fingerprint density at radius 1 is 1.53 bits per heavy atom. The van der Waals surface area contributed by atoms with Gasteiger partial charge in [-0.05, 0) is 6.92 Å². The quantitative estimate of drug-likeness (QED) is 0.658. The van der Waals surface area contributed by atoms with Crippen molar-refractivity contribution >= 4 is 11.7 Å². The molecule has 1 heterocycles. The Morgan fingerprint density at radius 2 is 2.33 bits per heavy atom. The predicted octanol–water partition coefficient (Wildman–Crippen LogP) is -0.175. The summed E-state index contributed by atoms with van der Waals surface area (Å²) in [5.74, 6) is 0.0167. The molecule has 0 radical (unpaired) electrons. The minimum atomic E-state index is -0.276. The van der Waals surface area contributed by atoms with Gasteiger partial charge >= 0.3 is 0 Å². The SMILES string of the molecule is CCOCCNC(=O)c1cnc(N)cn1. The molecule has 0 aliphatic rings. The van der Waals surface area contributed by atoms with E-state index in [1.807, 2.05) is 6.92 Å². The third-order valence-electron chi connectivity index (χ3n) is 1.64. The summed E-state index contributed by atoms with van der Waals surface area (Å²) in [4.78, 5) is 19.0. The number of nitrogens with two attached hydrogens (primary N) is 1. The zero-order chi connectivity index (χ0) is 11.1. The van der Waals surface area contributed by atoms with Crippen molar-refractivity contribution in [1.82, 2.24) is 15.3 Å². The number of nitrogens with zero attached hydrogens (tertiary/aromatic N) is 2. The monoisotopic (exact) mass is 210 g/mol. The van der Waals surface area contributed by atoms with E-state index >= 15 is 0 Å². The van der Waals surface area contributed by atoms with Crippen LogP contribution in [0.25, 0.3) is 0 Å². The smallest absolute Gasteiger partial charge is 0.271 e. The maximum Gasteiger partial charge on any atom is 0.271 e. The summed E-state index contributed by atoms with van der Waals surface area (Å²) in [6.07, 6.45) is 2.68. The van der Waals surface area contributed by atoms with E-state index in [9.17, 15) is 4.79 Å². The number of carbonyl (C=O) groups is 1. The Bertz CT molecular complexity index is 312. The molecule has 1 amide bonds. The molecule has 1 aromatic rings. The third kappa shape index (κ3) is 3.90. The molecule has 6 heteroatoms. The number of nitrogens with one attached hydrogen (secondary N) is 1. The molecular weight excluding hydrogens is 196 g/mol. The van der Waals surface area contributed by atoms with Gasteiger partial charge in [0, 0.05) is 13.2 Å². The number of carbonyl (C=O) groups excluding carboxylic acids is 1. The number of hydrogen-bond donors (Lipinski definition) is 2. The maximum atomic E-state index is 11.4. The Hall–Kier alpha value is -1.69. The first-order valence-corrected chi connectivity index (χ1v) is 4.67. The fourth-order valence-electron chi connectivity index (χ4n) is 0.927. The number of nitrogen functional groups attached to an aromatic ring is 1. The number of rotatable bonds is 5. The number of anilines is 1. The van der Waals surface area contributed by atoms with E-state index in [1.54, 1.807) is 0 Å². The Morgan fingerprint density at radius 3 is 2.93 bits per heavy atom. The van der Waals surface area contributed by atoms with Gasteiger partial charge in [0.2, 0.25) is 0 Å². The average molecular weight is 210 g/mol. The highest BCUT2D eigenvalue weighted by atomic mass is 16.5. The van der Waals surface area contributed by atoms with Crippen LogP contribution < -0.4 is 11.1 Å². The zero-order valence-corrected chi connectivity index (χ0v) is 8.56. The molecule has 0 fully saturated rings. The van der Waals surface area contributed by atoms with Crippen molar-refractivity contribution in [3.8, 4) is 0 Å². The molecule has 0 saturated heterocycles. The summed E-state index contributed by atoms with van der Waals surface area (Å²) >= 11 is 0. The van der Waals surface area contributed by atoms with E-state index in [4.69, 9.17) is 10.5 Å². The first kappa shape index (κ1) is 11.4. The van der Waals surface area contributed by atoms with E-state index in [0.29, 0.717) is 25.6 Å². The normalized spacial score (nSPS) is 9.93. The number of hydrogen-bond acceptors (Lipinski definition) is 5. The van der Waals surface area contributed by atoms with E-state index in [0.717, 1.165) is 0 Å². The van der Waals surface area contributed by atoms with Crippen molar-refractivity contribution in [3.63, 3.8) is 0 Å². The van der Waals surface area contributed by atoms with Gasteiger partial charge in [0.25, 0.3) is 5.91 Å². The van der Waals surface area contributed by atoms with Gasteiger partial charge in [-0.1, -0.05) is 0 Å². The van der Waals surface area contributed by atoms with Gasteiger partial charge < -0.3 is 15.8 Å². The van der Waals surface area contributed by atoms with Gasteiger partial charge in [-0.25, -0.2) is 9.97 Å². The van der Waals surface area contributed by atoms with Crippen LogP contribution in [-0.4, -0.2) is 35.6 Å². The van der Waals surface area contributed by atoms with Crippen molar-refractivity contribution < 1.29 is 9.53 Å². The minimum Gasteiger partial charge on any atom is -0.382 e. The van der Waals surface area contributed by atoms with Crippen molar-refractivity contribution in [3.05, 3.63) is 18.1 Å². The third-order valence-corrected chi connectivity index (χ3v) is 1.64. The molecule has 1 rings (SSSR count). The molecule has 0 unspecified atom stereocenters. The maximum absolute atomic E-state index is 11.4. The lowest BCUT2D eigenvalue weighted by atomic mass is 10.4. The second-order valence-corrected chi connectivity index (χ2v) is 2.78. The van der Waals surface area contributed by atoms with E-state index < -0.39 is 0 Å². The summed E-state index contributed by atoms with van der Waals surface area (Å²) in [6, 6.07) is 0. The van der Waals surface area contributed by atoms with Crippen LogP contribution in [0.1, 0.15) is 17.4 Å². The average Bonchev–Trinajstić information content (AvgIpc) is 2.25. The Balaban J connectivity index is 2.37. The fraction of sp³-hybridized carbons (Fsp3) is 0.444. The second-order valence-electron chi connectivity index (χ2n) is 2.78. The zero-order valence-electron chi connectivity index (χ0n) is 8.56. The topological polar surface area (TPSA) is 90.1 Å². The molecule has 0 saturated carbocycles. The molecule has 0 spiro atoms. The van der Waals surface area contributed by atoms with Crippen LogP contribution in [0.15, 0.2) is 12.4 Å². The van der Waals surface area contributed by atoms with Crippen LogP contribution in [0.3, 0.4) is 0 Å². The summed E-state index contributed by atoms with van der Waals surface area (Å²) in [5, 5.41) is 2.65. The molecule has 0 bridgehead atoms. The molecule has 82 valence electrons. The molecule has 1 aromatic heterocycles. The van der Waals surface area contributed by atoms with Gasteiger partial charge in [0.05, 0.1) is 19.0 Å². The van der Waals surface area contributed by atoms with Gasteiger partial charge in [-0.2, -0.15) is 0 Å². The first-order valence-electron chi connectivity index (χ1n) is 4.67. The van der Waals surface area contributed by atoms with Crippen LogP contribution in [0.2, 0.25) is 0 Å². The van der Waals surface area contributed by atoms with Gasteiger partial charge in [0.15, 0.2) is 0 Å². The van der Waals surface area contributed by atoms with Gasteiger partial charge in [-0.15, -0.1) is 0 Å². The summed E-state index contributed by atoms with van der Waals surface area (Å²) in [5.41, 5.74) is 5.59. The fourth-order valence-corrected chi connectivity index (χ4v) is 0.927. The number of amides is 1. The highest BCUT2D eigenvalue weighted by molar-refractivity contribution is 5.91. The van der Waals surface area contributed by atoms with Crippen molar-refractivity contribution in [2.75, 3.05) is 25.5 Å². The lowest BCUT2D eigenvalue weighted by molar-refractivity contribution is 0.0917. The molecule has 3 N–H and O–H groups in total. The van der Waals surface area contributed by atoms with Crippen LogP contribution >= 0.6 is 0 Å². The molecular formula is C9H14N4O2. The molecule has 0 atom stereocenters. The van der Waals surface area contributed by atoms with Crippen molar-refractivity contribution in [2.24, 2.45) is 0 Å². The molecule has 0 aromatic carbocycles. The Labute approximate surface area is 87.9 Å². The Kier molecular flexibility index (Phi) is 4.49. The van der Waals surface area contributed by atoms with Gasteiger partial charge in [-0.3, -0.25) is 4.79 Å². The van der Waals surface area contributed by atoms with E-state index in [-0.39, 0.29) is 11.6 Å². The molecule has 0 aliphatic carbocycles. The standard InChI is InChI=1S/C9H14N4O2/c1-2-15-4-3-11-9(14)7-5-13-8(10)6-12-7/h5-6H,2-4H2,1H3,(H2,10,13)(H,11,14). The highest BCUT2D eigenvalue weighted by Gasteiger charge is 2.05. The van der Waals surface area contributed by atoms with E-state index in [1.165, 1.54) is 12.4 Å². The van der Waals surface area contributed by atoms with Crippen molar-refractivity contribution in [2.45, 2.75) is 6.92 Å². The first-order chi connectivity index (χ1) is 7.24. The van der Waals surface area contributed by atoms with E-state index in [2.05, 4.69) is 15.3 Å². The van der Waals surface area contributed by atoms with Crippen LogP contribution in [0.5, 0.6) is 0 Å². The highest BCUT2D eigenvalue weighted by Crippen LogP contribution is 1.95. The summed E-state index contributed by atoms with van der Waals surface area (Å²) in [6.45, 7) is 3.48. The second kappa shape index (κ2) is 5.92. The summed E-state index contributed by atoms with van der Waals surface area (Å²) in [7, 11) is 0. The summed E-state index contributed by atoms with van der Waals surface area (Å²) < 4.78 is 5.07. The lowest BCUT2D eigenvalue weighted by Crippen LogP contribution is -2.28. The number of aromatic nitrogens is 2. The number of ether oxygens (including phenoxy) is 1. The van der Waals surface area contributed by atoms with Crippen LogP contribution in [0.4, 0.5) is 5.82 Å². The molecule has 6 nitrogen and oxygen atoms in total. The molecule has 0 aliphatic heterocycles. The minimum absolute atomic E-state index is 0.251. The van der Waals surface area contributed by atoms with Crippen LogP contribution in [-0.2, 0) is 4.74 Å². The van der Waals surface area contributed by atoms with Crippen LogP contribution in [0, 0.1) is 0 Å². The molecule has 15 heavy (non-hydrogen) atoms. The predicted molar refractivity (Wildman–Crippen MR) is 55.3 cm³/mol. The largest absolute Gasteiger partial charge is 0.382 e. The van der Waals surface area contributed by atoms with Crippen molar-refractivity contribution in [1.29, 1.82) is 0 Å². The lowest BCUT2D eigenvalue weighted by Gasteiger charge is -2.04.